The van der Waals surface area contributed by atoms with Crippen molar-refractivity contribution >= 4 is 15.7 Å². The predicted molar refractivity (Wildman–Crippen MR) is 80.9 cm³/mol. The summed E-state index contributed by atoms with van der Waals surface area (Å²) in [5.41, 5.74) is 0. The molecule has 0 aromatic heterocycles. The smallest absolute Gasteiger partial charge is 0.243 e. The third kappa shape index (κ3) is 3.57. The van der Waals surface area contributed by atoms with Crippen LogP contribution in [0.25, 0.3) is 0 Å². The third-order valence-corrected chi connectivity index (χ3v) is 6.61. The Hall–Kier alpha value is -0.660. The Labute approximate surface area is 127 Å². The van der Waals surface area contributed by atoms with Gasteiger partial charge in [0.2, 0.25) is 5.91 Å². The topological polar surface area (TPSA) is 75.7 Å². The molecule has 0 radical (unpaired) electrons. The highest BCUT2D eigenvalue weighted by molar-refractivity contribution is 7.92. The van der Waals surface area contributed by atoms with Crippen LogP contribution in [0.2, 0.25) is 0 Å². The molecule has 1 amide bonds. The zero-order valence-corrected chi connectivity index (χ0v) is 13.7. The summed E-state index contributed by atoms with van der Waals surface area (Å²) < 4.78 is 28.9. The van der Waals surface area contributed by atoms with E-state index >= 15 is 0 Å². The average Bonchev–Trinajstić information content (AvgIpc) is 2.47. The fourth-order valence-electron chi connectivity index (χ4n) is 3.26. The monoisotopic (exact) mass is 318 g/mol. The van der Waals surface area contributed by atoms with Gasteiger partial charge in [0.05, 0.1) is 6.10 Å². The number of amides is 1. The number of piperidine rings is 1. The van der Waals surface area contributed by atoms with Crippen LogP contribution in [0.4, 0.5) is 0 Å². The summed E-state index contributed by atoms with van der Waals surface area (Å²) in [7, 11) is -1.75. The molecule has 0 saturated carbocycles. The Morgan fingerprint density at radius 2 is 2.00 bits per heavy atom. The molecule has 0 aromatic rings. The molecule has 2 saturated heterocycles. The van der Waals surface area contributed by atoms with E-state index in [1.165, 1.54) is 6.26 Å². The maximum Gasteiger partial charge on any atom is 0.243 e. The minimum atomic E-state index is -3.44. The zero-order valence-electron chi connectivity index (χ0n) is 12.9. The van der Waals surface area contributed by atoms with E-state index in [1.807, 2.05) is 0 Å². The Bertz CT molecular complexity index is 465. The van der Waals surface area contributed by atoms with Gasteiger partial charge in [0.15, 0.2) is 14.6 Å². The molecule has 2 aliphatic rings. The fourth-order valence-corrected chi connectivity index (χ4v) is 4.68. The lowest BCUT2D eigenvalue weighted by Gasteiger charge is -2.38. The summed E-state index contributed by atoms with van der Waals surface area (Å²) in [6, 6.07) is 0. The van der Waals surface area contributed by atoms with E-state index in [9.17, 15) is 13.2 Å². The molecule has 0 aliphatic carbocycles. The second-order valence-electron chi connectivity index (χ2n) is 6.19. The maximum atomic E-state index is 12.8. The quantitative estimate of drug-likeness (QED) is 0.800. The van der Waals surface area contributed by atoms with Crippen molar-refractivity contribution < 1.29 is 17.9 Å². The largest absolute Gasteiger partial charge is 0.376 e. The van der Waals surface area contributed by atoms with Gasteiger partial charge in [-0.25, -0.2) is 8.42 Å². The highest BCUT2D eigenvalue weighted by Crippen LogP contribution is 2.30. The average molecular weight is 318 g/mol. The Morgan fingerprint density at radius 3 is 2.52 bits per heavy atom. The van der Waals surface area contributed by atoms with Gasteiger partial charge in [-0.15, -0.1) is 0 Å². The third-order valence-electron chi connectivity index (χ3n) is 4.61. The number of carbonyl (C=O) groups excluding carboxylic acids is 1. The lowest BCUT2D eigenvalue weighted by atomic mass is 9.95. The molecule has 2 aliphatic heterocycles. The van der Waals surface area contributed by atoms with Crippen LogP contribution >= 0.6 is 0 Å². The van der Waals surface area contributed by atoms with Gasteiger partial charge in [-0.3, -0.25) is 4.79 Å². The highest BCUT2D eigenvalue weighted by Gasteiger charge is 2.50. The van der Waals surface area contributed by atoms with Crippen LogP contribution in [0.15, 0.2) is 0 Å². The predicted octanol–water partition coefficient (Wildman–Crippen LogP) is 0.181. The number of rotatable bonds is 4. The molecule has 0 bridgehead atoms. The van der Waals surface area contributed by atoms with E-state index in [2.05, 4.69) is 5.32 Å². The molecule has 0 spiro atoms. The number of nitrogens with zero attached hydrogens (tertiary/aromatic N) is 1. The first kappa shape index (κ1) is 16.7. The van der Waals surface area contributed by atoms with E-state index in [-0.39, 0.29) is 12.0 Å². The molecule has 2 fully saturated rings. The second kappa shape index (κ2) is 6.62. The summed E-state index contributed by atoms with van der Waals surface area (Å²) in [5.74, 6) is -0.277. The van der Waals surface area contributed by atoms with Gasteiger partial charge in [-0.05, 0) is 45.2 Å². The van der Waals surface area contributed by atoms with E-state index < -0.39 is 14.6 Å². The van der Waals surface area contributed by atoms with Crippen LogP contribution in [0, 0.1) is 0 Å². The molecule has 2 rings (SSSR count). The van der Waals surface area contributed by atoms with Crippen molar-refractivity contribution in [3.63, 3.8) is 0 Å². The minimum Gasteiger partial charge on any atom is -0.376 e. The molecule has 21 heavy (non-hydrogen) atoms. The standard InChI is InChI=1S/C14H26N2O4S/c1-16(11-12-5-3-4-10-20-12)13(17)14(21(2,18)19)6-8-15-9-7-14/h12,15H,3-11H2,1-2H3. The van der Waals surface area contributed by atoms with E-state index in [1.54, 1.807) is 11.9 Å². The van der Waals surface area contributed by atoms with E-state index in [0.717, 1.165) is 25.9 Å². The number of hydrogen-bond acceptors (Lipinski definition) is 5. The van der Waals surface area contributed by atoms with Crippen molar-refractivity contribution in [2.24, 2.45) is 0 Å². The lowest BCUT2D eigenvalue weighted by Crippen LogP contribution is -2.58. The lowest BCUT2D eigenvalue weighted by molar-refractivity contribution is -0.135. The van der Waals surface area contributed by atoms with Crippen LogP contribution in [0.3, 0.4) is 0 Å². The van der Waals surface area contributed by atoms with Gasteiger partial charge in [-0.1, -0.05) is 0 Å². The second-order valence-corrected chi connectivity index (χ2v) is 8.52. The molecular weight excluding hydrogens is 292 g/mol. The molecule has 122 valence electrons. The van der Waals surface area contributed by atoms with Gasteiger partial charge in [0.1, 0.15) is 0 Å². The number of nitrogens with one attached hydrogen (secondary N) is 1. The Kier molecular flexibility index (Phi) is 5.27. The first-order valence-corrected chi connectivity index (χ1v) is 9.53. The molecule has 7 heteroatoms. The van der Waals surface area contributed by atoms with Crippen molar-refractivity contribution in [3.05, 3.63) is 0 Å². The summed E-state index contributed by atoms with van der Waals surface area (Å²) in [5, 5.41) is 3.13. The molecule has 0 aromatic carbocycles. The summed E-state index contributed by atoms with van der Waals surface area (Å²) in [4.78, 5) is 14.4. The van der Waals surface area contributed by atoms with Gasteiger partial charge in [-0.2, -0.15) is 0 Å². The SMILES string of the molecule is CN(CC1CCCCO1)C(=O)C1(S(C)(=O)=O)CCNCC1. The molecule has 1 unspecified atom stereocenters. The molecule has 1 N–H and O–H groups in total. The van der Waals surface area contributed by atoms with Crippen molar-refractivity contribution in [2.75, 3.05) is 39.5 Å². The normalized spacial score (nSPS) is 26.3. The number of sulfone groups is 1. The first-order valence-electron chi connectivity index (χ1n) is 7.64. The minimum absolute atomic E-state index is 0.0334. The van der Waals surface area contributed by atoms with Crippen LogP contribution in [-0.2, 0) is 19.4 Å². The highest BCUT2D eigenvalue weighted by atomic mass is 32.2. The van der Waals surface area contributed by atoms with Gasteiger partial charge < -0.3 is 15.0 Å². The number of hydrogen-bond donors (Lipinski definition) is 1. The van der Waals surface area contributed by atoms with Crippen molar-refractivity contribution in [3.8, 4) is 0 Å². The summed E-state index contributed by atoms with van der Waals surface area (Å²) in [6.07, 6.45) is 5.01. The first-order chi connectivity index (χ1) is 9.87. The van der Waals surface area contributed by atoms with Crippen molar-refractivity contribution in [1.82, 2.24) is 10.2 Å². The van der Waals surface area contributed by atoms with Crippen molar-refractivity contribution in [1.29, 1.82) is 0 Å². The van der Waals surface area contributed by atoms with Crippen LogP contribution in [0.5, 0.6) is 0 Å². The number of likely N-dealkylation sites (N-methyl/N-ethyl adjacent to an activating group) is 1. The summed E-state index contributed by atoms with van der Waals surface area (Å²) >= 11 is 0. The molecule has 6 nitrogen and oxygen atoms in total. The van der Waals surface area contributed by atoms with E-state index in [0.29, 0.717) is 32.5 Å². The molecule has 2 heterocycles. The van der Waals surface area contributed by atoms with Crippen molar-refractivity contribution in [2.45, 2.75) is 43.0 Å². The molecular formula is C14H26N2O4S. The Morgan fingerprint density at radius 1 is 1.33 bits per heavy atom. The van der Waals surface area contributed by atoms with E-state index in [4.69, 9.17) is 4.74 Å². The summed E-state index contributed by atoms with van der Waals surface area (Å²) in [6.45, 7) is 2.33. The van der Waals surface area contributed by atoms with Crippen LogP contribution in [0.1, 0.15) is 32.1 Å². The fraction of sp³-hybridized carbons (Fsp3) is 0.929. The van der Waals surface area contributed by atoms with Gasteiger partial charge in [0, 0.05) is 26.5 Å². The number of carbonyl (C=O) groups is 1. The molecule has 1 atom stereocenters. The van der Waals surface area contributed by atoms with Gasteiger partial charge in [0.25, 0.3) is 0 Å². The zero-order chi connectivity index (χ0) is 15.5. The van der Waals surface area contributed by atoms with Crippen LogP contribution < -0.4 is 5.32 Å². The van der Waals surface area contributed by atoms with Gasteiger partial charge >= 0.3 is 0 Å². The number of ether oxygens (including phenoxy) is 1. The Balaban J connectivity index is 2.10. The maximum absolute atomic E-state index is 12.8. The van der Waals surface area contributed by atoms with Crippen LogP contribution in [-0.4, -0.2) is 69.6 Å².